The standard InChI is InChI=1S/C12H10F3NO3/c13-12(14,15)7-3-1-6(2-4-7)8-5-16-10(17)9(8)11(18)19/h1-4,8-9H,5H2,(H,16,17)(H,18,19). The van der Waals surface area contributed by atoms with Crippen LogP contribution in [0, 0.1) is 5.92 Å². The van der Waals surface area contributed by atoms with Crippen molar-refractivity contribution in [3.05, 3.63) is 35.4 Å². The Bertz CT molecular complexity index is 510. The van der Waals surface area contributed by atoms with Crippen molar-refractivity contribution in [2.24, 2.45) is 5.92 Å². The number of carbonyl (C=O) groups is 2. The zero-order valence-corrected chi connectivity index (χ0v) is 9.57. The van der Waals surface area contributed by atoms with Crippen LogP contribution in [0.3, 0.4) is 0 Å². The third kappa shape index (κ3) is 2.54. The van der Waals surface area contributed by atoms with E-state index in [1.807, 2.05) is 0 Å². The van der Waals surface area contributed by atoms with Gasteiger partial charge in [-0.2, -0.15) is 13.2 Å². The molecule has 0 radical (unpaired) electrons. The Kier molecular flexibility index (Phi) is 3.21. The first kappa shape index (κ1) is 13.4. The van der Waals surface area contributed by atoms with Crippen molar-refractivity contribution in [2.75, 3.05) is 6.54 Å². The summed E-state index contributed by atoms with van der Waals surface area (Å²) >= 11 is 0. The second kappa shape index (κ2) is 4.56. The summed E-state index contributed by atoms with van der Waals surface area (Å²) in [5, 5.41) is 11.4. The molecule has 0 bridgehead atoms. The number of carbonyl (C=O) groups excluding carboxylic acids is 1. The van der Waals surface area contributed by atoms with Gasteiger partial charge < -0.3 is 10.4 Å². The second-order valence-corrected chi connectivity index (χ2v) is 4.29. The maximum atomic E-state index is 12.4. The van der Waals surface area contributed by atoms with E-state index in [1.54, 1.807) is 0 Å². The maximum Gasteiger partial charge on any atom is 0.416 e. The summed E-state index contributed by atoms with van der Waals surface area (Å²) < 4.78 is 37.2. The van der Waals surface area contributed by atoms with Crippen molar-refractivity contribution in [2.45, 2.75) is 12.1 Å². The van der Waals surface area contributed by atoms with Gasteiger partial charge in [0.15, 0.2) is 0 Å². The van der Waals surface area contributed by atoms with Gasteiger partial charge in [0.2, 0.25) is 5.91 Å². The van der Waals surface area contributed by atoms with Gasteiger partial charge in [-0.1, -0.05) is 12.1 Å². The minimum atomic E-state index is -4.44. The van der Waals surface area contributed by atoms with E-state index >= 15 is 0 Å². The van der Waals surface area contributed by atoms with Gasteiger partial charge in [0, 0.05) is 12.5 Å². The zero-order chi connectivity index (χ0) is 14.2. The van der Waals surface area contributed by atoms with Gasteiger partial charge in [0.1, 0.15) is 5.92 Å². The van der Waals surface area contributed by atoms with Gasteiger partial charge in [0.25, 0.3) is 0 Å². The minimum Gasteiger partial charge on any atom is -0.481 e. The lowest BCUT2D eigenvalue weighted by atomic mass is 9.88. The van der Waals surface area contributed by atoms with Gasteiger partial charge in [-0.05, 0) is 17.7 Å². The summed E-state index contributed by atoms with van der Waals surface area (Å²) in [6.45, 7) is 0.112. The third-order valence-electron chi connectivity index (χ3n) is 3.11. The van der Waals surface area contributed by atoms with Crippen LogP contribution in [-0.2, 0) is 15.8 Å². The molecule has 4 nitrogen and oxygen atoms in total. The Balaban J connectivity index is 2.28. The predicted octanol–water partition coefficient (Wildman–Crippen LogP) is 1.62. The van der Waals surface area contributed by atoms with Crippen LogP contribution in [0.1, 0.15) is 17.0 Å². The molecule has 1 heterocycles. The number of nitrogens with one attached hydrogen (secondary N) is 1. The summed E-state index contributed by atoms with van der Waals surface area (Å²) in [5.74, 6) is -3.79. The molecule has 2 unspecified atom stereocenters. The lowest BCUT2D eigenvalue weighted by Gasteiger charge is -2.14. The highest BCUT2D eigenvalue weighted by molar-refractivity contribution is 5.99. The van der Waals surface area contributed by atoms with Crippen LogP contribution >= 0.6 is 0 Å². The van der Waals surface area contributed by atoms with Crippen molar-refractivity contribution >= 4 is 11.9 Å². The van der Waals surface area contributed by atoms with E-state index in [1.165, 1.54) is 12.1 Å². The topological polar surface area (TPSA) is 66.4 Å². The number of carboxylic acids is 1. The molecule has 19 heavy (non-hydrogen) atoms. The fourth-order valence-corrected chi connectivity index (χ4v) is 2.13. The second-order valence-electron chi connectivity index (χ2n) is 4.29. The fraction of sp³-hybridized carbons (Fsp3) is 0.333. The van der Waals surface area contributed by atoms with Crippen molar-refractivity contribution in [3.63, 3.8) is 0 Å². The smallest absolute Gasteiger partial charge is 0.416 e. The maximum absolute atomic E-state index is 12.4. The summed E-state index contributed by atoms with van der Waals surface area (Å²) in [7, 11) is 0. The Hall–Kier alpha value is -2.05. The number of alkyl halides is 3. The normalized spacial score (nSPS) is 23.2. The van der Waals surface area contributed by atoms with E-state index in [0.717, 1.165) is 12.1 Å². The number of halogens is 3. The average Bonchev–Trinajstić information content (AvgIpc) is 2.70. The fourth-order valence-electron chi connectivity index (χ4n) is 2.13. The molecule has 1 fully saturated rings. The number of hydrogen-bond acceptors (Lipinski definition) is 2. The van der Waals surface area contributed by atoms with Gasteiger partial charge in [-0.3, -0.25) is 9.59 Å². The molecule has 102 valence electrons. The molecular weight excluding hydrogens is 263 g/mol. The van der Waals surface area contributed by atoms with Crippen molar-refractivity contribution in [1.29, 1.82) is 0 Å². The molecule has 0 saturated carbocycles. The number of aliphatic carboxylic acids is 1. The summed E-state index contributed by atoms with van der Waals surface area (Å²) in [6, 6.07) is 4.20. The van der Waals surface area contributed by atoms with Gasteiger partial charge in [-0.15, -0.1) is 0 Å². The number of carboxylic acid groups (broad SMARTS) is 1. The van der Waals surface area contributed by atoms with E-state index in [0.29, 0.717) is 5.56 Å². The molecule has 2 atom stereocenters. The first-order chi connectivity index (χ1) is 8.80. The van der Waals surface area contributed by atoms with E-state index in [4.69, 9.17) is 5.11 Å². The molecule has 1 aromatic carbocycles. The molecule has 1 aromatic rings. The quantitative estimate of drug-likeness (QED) is 0.805. The monoisotopic (exact) mass is 273 g/mol. The molecular formula is C12H10F3NO3. The van der Waals surface area contributed by atoms with Crippen LogP contribution in [0.5, 0.6) is 0 Å². The Morgan fingerprint density at radius 1 is 1.26 bits per heavy atom. The first-order valence-corrected chi connectivity index (χ1v) is 5.48. The van der Waals surface area contributed by atoms with E-state index in [2.05, 4.69) is 5.32 Å². The van der Waals surface area contributed by atoms with Crippen LogP contribution in [0.2, 0.25) is 0 Å². The Morgan fingerprint density at radius 2 is 1.84 bits per heavy atom. The molecule has 0 spiro atoms. The van der Waals surface area contributed by atoms with Crippen molar-refractivity contribution in [1.82, 2.24) is 5.32 Å². The van der Waals surface area contributed by atoms with Gasteiger partial charge in [0.05, 0.1) is 5.56 Å². The summed E-state index contributed by atoms with van der Waals surface area (Å²) in [6.07, 6.45) is -4.44. The van der Waals surface area contributed by atoms with Gasteiger partial charge >= 0.3 is 12.1 Å². The van der Waals surface area contributed by atoms with E-state index < -0.39 is 35.5 Å². The highest BCUT2D eigenvalue weighted by atomic mass is 19.4. The molecule has 1 amide bonds. The van der Waals surface area contributed by atoms with E-state index in [-0.39, 0.29) is 6.54 Å². The molecule has 2 rings (SSSR count). The summed E-state index contributed by atoms with van der Waals surface area (Å²) in [4.78, 5) is 22.3. The van der Waals surface area contributed by atoms with Crippen LogP contribution in [0.4, 0.5) is 13.2 Å². The van der Waals surface area contributed by atoms with Crippen LogP contribution in [-0.4, -0.2) is 23.5 Å². The predicted molar refractivity (Wildman–Crippen MR) is 58.3 cm³/mol. The largest absolute Gasteiger partial charge is 0.481 e. The third-order valence-corrected chi connectivity index (χ3v) is 3.11. The first-order valence-electron chi connectivity index (χ1n) is 5.48. The highest BCUT2D eigenvalue weighted by Gasteiger charge is 2.41. The molecule has 1 aliphatic heterocycles. The van der Waals surface area contributed by atoms with Crippen LogP contribution in [0.25, 0.3) is 0 Å². The Labute approximate surface area is 106 Å². The minimum absolute atomic E-state index is 0.112. The lowest BCUT2D eigenvalue weighted by Crippen LogP contribution is -2.26. The highest BCUT2D eigenvalue weighted by Crippen LogP contribution is 2.33. The van der Waals surface area contributed by atoms with Crippen LogP contribution < -0.4 is 5.32 Å². The molecule has 2 N–H and O–H groups in total. The molecule has 1 aliphatic rings. The number of benzene rings is 1. The Morgan fingerprint density at radius 3 is 2.32 bits per heavy atom. The molecule has 1 saturated heterocycles. The number of rotatable bonds is 2. The number of amides is 1. The summed E-state index contributed by atoms with van der Waals surface area (Å²) in [5.41, 5.74) is -0.404. The average molecular weight is 273 g/mol. The SMILES string of the molecule is O=C(O)C1C(=O)NCC1c1ccc(C(F)(F)F)cc1. The zero-order valence-electron chi connectivity index (χ0n) is 9.57. The van der Waals surface area contributed by atoms with Gasteiger partial charge in [-0.25, -0.2) is 0 Å². The molecule has 0 aliphatic carbocycles. The van der Waals surface area contributed by atoms with E-state index in [9.17, 15) is 22.8 Å². The van der Waals surface area contributed by atoms with Crippen molar-refractivity contribution < 1.29 is 27.9 Å². The number of hydrogen-bond donors (Lipinski definition) is 2. The van der Waals surface area contributed by atoms with Crippen LogP contribution in [0.15, 0.2) is 24.3 Å². The van der Waals surface area contributed by atoms with Crippen molar-refractivity contribution in [3.8, 4) is 0 Å². The lowest BCUT2D eigenvalue weighted by molar-refractivity contribution is -0.146. The molecule has 7 heteroatoms. The molecule has 0 aromatic heterocycles.